The molecule has 2 heteroatoms. The van der Waals surface area contributed by atoms with Gasteiger partial charge >= 0.3 is 0 Å². The van der Waals surface area contributed by atoms with Crippen LogP contribution >= 0.6 is 0 Å². The minimum Gasteiger partial charge on any atom is -0.317 e. The Morgan fingerprint density at radius 3 is 2.39 bits per heavy atom. The molecule has 18 heavy (non-hydrogen) atoms. The molecule has 0 radical (unpaired) electrons. The SMILES string of the molecule is CC(C)c1ccc(C(=O)CC2CCNCC2)cc1. The second-order valence-corrected chi connectivity index (χ2v) is 5.60. The van der Waals surface area contributed by atoms with Crippen LogP contribution in [-0.2, 0) is 0 Å². The van der Waals surface area contributed by atoms with Crippen LogP contribution in [0.5, 0.6) is 0 Å². The van der Waals surface area contributed by atoms with Crippen molar-refractivity contribution >= 4 is 5.78 Å². The number of piperidine rings is 1. The molecule has 1 aliphatic rings. The van der Waals surface area contributed by atoms with Crippen LogP contribution in [0.4, 0.5) is 0 Å². The van der Waals surface area contributed by atoms with E-state index in [1.165, 1.54) is 5.56 Å². The average Bonchev–Trinajstić information content (AvgIpc) is 2.40. The Kier molecular flexibility index (Phi) is 4.54. The molecule has 0 bridgehead atoms. The number of Topliss-reactive ketones (excluding diaryl/α,β-unsaturated/α-hetero) is 1. The van der Waals surface area contributed by atoms with Gasteiger partial charge in [-0.15, -0.1) is 0 Å². The summed E-state index contributed by atoms with van der Waals surface area (Å²) in [5, 5.41) is 3.34. The zero-order valence-electron chi connectivity index (χ0n) is 11.4. The van der Waals surface area contributed by atoms with Crippen LogP contribution in [0.15, 0.2) is 24.3 Å². The van der Waals surface area contributed by atoms with Gasteiger partial charge in [-0.3, -0.25) is 4.79 Å². The van der Waals surface area contributed by atoms with E-state index < -0.39 is 0 Å². The predicted molar refractivity (Wildman–Crippen MR) is 75.1 cm³/mol. The normalized spacial score (nSPS) is 17.1. The van der Waals surface area contributed by atoms with Gasteiger partial charge < -0.3 is 5.32 Å². The largest absolute Gasteiger partial charge is 0.317 e. The van der Waals surface area contributed by atoms with Gasteiger partial charge in [0.1, 0.15) is 0 Å². The van der Waals surface area contributed by atoms with Crippen LogP contribution in [0, 0.1) is 5.92 Å². The first-order chi connectivity index (χ1) is 8.66. The van der Waals surface area contributed by atoms with Gasteiger partial charge in [0.25, 0.3) is 0 Å². The summed E-state index contributed by atoms with van der Waals surface area (Å²) in [6.45, 7) is 6.46. The van der Waals surface area contributed by atoms with Gasteiger partial charge in [-0.05, 0) is 43.3 Å². The van der Waals surface area contributed by atoms with Crippen molar-refractivity contribution in [1.82, 2.24) is 5.32 Å². The van der Waals surface area contributed by atoms with Crippen LogP contribution in [-0.4, -0.2) is 18.9 Å². The lowest BCUT2D eigenvalue weighted by molar-refractivity contribution is 0.0952. The maximum absolute atomic E-state index is 12.2. The Hall–Kier alpha value is -1.15. The minimum absolute atomic E-state index is 0.303. The van der Waals surface area contributed by atoms with Crippen molar-refractivity contribution in [2.75, 3.05) is 13.1 Å². The molecule has 1 N–H and O–H groups in total. The highest BCUT2D eigenvalue weighted by atomic mass is 16.1. The molecule has 98 valence electrons. The molecule has 0 amide bonds. The monoisotopic (exact) mass is 245 g/mol. The third-order valence-corrected chi connectivity index (χ3v) is 3.83. The Morgan fingerprint density at radius 1 is 1.22 bits per heavy atom. The quantitative estimate of drug-likeness (QED) is 0.824. The average molecular weight is 245 g/mol. The third-order valence-electron chi connectivity index (χ3n) is 3.83. The number of hydrogen-bond acceptors (Lipinski definition) is 2. The lowest BCUT2D eigenvalue weighted by Gasteiger charge is -2.21. The summed E-state index contributed by atoms with van der Waals surface area (Å²) in [7, 11) is 0. The highest BCUT2D eigenvalue weighted by molar-refractivity contribution is 5.96. The molecule has 1 aromatic carbocycles. The number of nitrogens with one attached hydrogen (secondary N) is 1. The number of rotatable bonds is 4. The first kappa shape index (κ1) is 13.3. The van der Waals surface area contributed by atoms with Crippen molar-refractivity contribution in [1.29, 1.82) is 0 Å². The molecular formula is C16H23NO. The molecule has 0 spiro atoms. The second-order valence-electron chi connectivity index (χ2n) is 5.60. The fraction of sp³-hybridized carbons (Fsp3) is 0.562. The van der Waals surface area contributed by atoms with Crippen molar-refractivity contribution in [2.45, 2.75) is 39.0 Å². The van der Waals surface area contributed by atoms with E-state index in [1.54, 1.807) is 0 Å². The van der Waals surface area contributed by atoms with Gasteiger partial charge in [-0.2, -0.15) is 0 Å². The van der Waals surface area contributed by atoms with Crippen LogP contribution in [0.2, 0.25) is 0 Å². The molecule has 0 unspecified atom stereocenters. The van der Waals surface area contributed by atoms with Crippen molar-refractivity contribution in [2.24, 2.45) is 5.92 Å². The van der Waals surface area contributed by atoms with E-state index in [2.05, 4.69) is 31.3 Å². The molecule has 1 fully saturated rings. The highest BCUT2D eigenvalue weighted by Gasteiger charge is 2.17. The van der Waals surface area contributed by atoms with E-state index in [1.807, 2.05) is 12.1 Å². The van der Waals surface area contributed by atoms with Crippen molar-refractivity contribution in [3.8, 4) is 0 Å². The number of carbonyl (C=O) groups excluding carboxylic acids is 1. The summed E-state index contributed by atoms with van der Waals surface area (Å²) in [5.74, 6) is 1.40. The molecule has 0 aromatic heterocycles. The van der Waals surface area contributed by atoms with Crippen molar-refractivity contribution in [3.05, 3.63) is 35.4 Å². The summed E-state index contributed by atoms with van der Waals surface area (Å²) in [4.78, 5) is 12.2. The van der Waals surface area contributed by atoms with E-state index in [-0.39, 0.29) is 0 Å². The summed E-state index contributed by atoms with van der Waals surface area (Å²) in [6.07, 6.45) is 2.98. The van der Waals surface area contributed by atoms with Crippen LogP contribution in [0.25, 0.3) is 0 Å². The van der Waals surface area contributed by atoms with E-state index in [9.17, 15) is 4.79 Å². The Balaban J connectivity index is 1.95. The Morgan fingerprint density at radius 2 is 1.83 bits per heavy atom. The molecule has 0 saturated carbocycles. The van der Waals surface area contributed by atoms with Crippen LogP contribution < -0.4 is 5.32 Å². The number of ketones is 1. The third kappa shape index (κ3) is 3.42. The molecule has 1 saturated heterocycles. The Labute approximate surface area is 110 Å². The van der Waals surface area contributed by atoms with Gasteiger partial charge in [0.15, 0.2) is 5.78 Å². The maximum atomic E-state index is 12.2. The molecule has 2 rings (SSSR count). The van der Waals surface area contributed by atoms with Gasteiger partial charge in [0, 0.05) is 12.0 Å². The number of hydrogen-bond donors (Lipinski definition) is 1. The first-order valence-corrected chi connectivity index (χ1v) is 7.00. The number of benzene rings is 1. The zero-order valence-corrected chi connectivity index (χ0v) is 11.4. The predicted octanol–water partition coefficient (Wildman–Crippen LogP) is 3.38. The molecule has 1 heterocycles. The smallest absolute Gasteiger partial charge is 0.163 e. The summed E-state index contributed by atoms with van der Waals surface area (Å²) >= 11 is 0. The van der Waals surface area contributed by atoms with Gasteiger partial charge in [-0.1, -0.05) is 38.1 Å². The minimum atomic E-state index is 0.303. The molecule has 0 atom stereocenters. The van der Waals surface area contributed by atoms with Gasteiger partial charge in [-0.25, -0.2) is 0 Å². The van der Waals surface area contributed by atoms with Gasteiger partial charge in [0.2, 0.25) is 0 Å². The van der Waals surface area contributed by atoms with Crippen molar-refractivity contribution in [3.63, 3.8) is 0 Å². The summed E-state index contributed by atoms with van der Waals surface area (Å²) < 4.78 is 0. The van der Waals surface area contributed by atoms with Crippen LogP contribution in [0.1, 0.15) is 54.9 Å². The highest BCUT2D eigenvalue weighted by Crippen LogP contribution is 2.20. The van der Waals surface area contributed by atoms with E-state index in [0.29, 0.717) is 24.0 Å². The lowest BCUT2D eigenvalue weighted by atomic mass is 9.90. The van der Waals surface area contributed by atoms with E-state index in [4.69, 9.17) is 0 Å². The summed E-state index contributed by atoms with van der Waals surface area (Å²) in [5.41, 5.74) is 2.17. The van der Waals surface area contributed by atoms with E-state index in [0.717, 1.165) is 31.5 Å². The van der Waals surface area contributed by atoms with E-state index >= 15 is 0 Å². The summed E-state index contributed by atoms with van der Waals surface area (Å²) in [6, 6.07) is 8.14. The molecule has 1 aromatic rings. The van der Waals surface area contributed by atoms with Gasteiger partial charge in [0.05, 0.1) is 0 Å². The lowest BCUT2D eigenvalue weighted by Crippen LogP contribution is -2.28. The number of carbonyl (C=O) groups is 1. The molecule has 2 nitrogen and oxygen atoms in total. The topological polar surface area (TPSA) is 29.1 Å². The fourth-order valence-electron chi connectivity index (χ4n) is 2.52. The van der Waals surface area contributed by atoms with Crippen LogP contribution in [0.3, 0.4) is 0 Å². The molecular weight excluding hydrogens is 222 g/mol. The standard InChI is InChI=1S/C16H23NO/c1-12(2)14-3-5-15(6-4-14)16(18)11-13-7-9-17-10-8-13/h3-6,12-13,17H,7-11H2,1-2H3. The molecule has 0 aliphatic carbocycles. The fourth-order valence-corrected chi connectivity index (χ4v) is 2.52. The maximum Gasteiger partial charge on any atom is 0.163 e. The first-order valence-electron chi connectivity index (χ1n) is 7.00. The Bertz CT molecular complexity index is 388. The zero-order chi connectivity index (χ0) is 13.0. The molecule has 1 aliphatic heterocycles. The van der Waals surface area contributed by atoms with Crippen molar-refractivity contribution < 1.29 is 4.79 Å². The second kappa shape index (κ2) is 6.14.